The third kappa shape index (κ3) is 1.57. The molecule has 0 radical (unpaired) electrons. The Bertz CT molecular complexity index is 534. The number of rotatable bonds is 1. The van der Waals surface area contributed by atoms with Crippen molar-refractivity contribution in [3.63, 3.8) is 0 Å². The fourth-order valence-electron chi connectivity index (χ4n) is 2.09. The minimum absolute atomic E-state index is 0.0207. The summed E-state index contributed by atoms with van der Waals surface area (Å²) in [5, 5.41) is 9.04. The third-order valence-electron chi connectivity index (χ3n) is 2.79. The second kappa shape index (κ2) is 3.81. The van der Waals surface area contributed by atoms with Crippen LogP contribution in [0.2, 0.25) is 0 Å². The van der Waals surface area contributed by atoms with Gasteiger partial charge >= 0.3 is 0 Å². The van der Waals surface area contributed by atoms with Crippen molar-refractivity contribution in [2.24, 2.45) is 0 Å². The first-order valence-electron chi connectivity index (χ1n) is 5.18. The molecule has 88 valence electrons. The molecule has 1 aliphatic rings. The molecule has 1 aromatic carbocycles. The standard InChI is InChI=1S/C12H10F2N2O/c1-6(2)16-10(5-15)11-8(12(16)17)3-7(13)4-9(11)14/h3-4,6,10H,1-2H3. The zero-order valence-electron chi connectivity index (χ0n) is 9.37. The first-order valence-corrected chi connectivity index (χ1v) is 5.18. The number of carbonyl (C=O) groups excluding carboxylic acids is 1. The Morgan fingerprint density at radius 1 is 1.41 bits per heavy atom. The monoisotopic (exact) mass is 236 g/mol. The largest absolute Gasteiger partial charge is 0.316 e. The summed E-state index contributed by atoms with van der Waals surface area (Å²) in [6.07, 6.45) is 0. The summed E-state index contributed by atoms with van der Waals surface area (Å²) < 4.78 is 26.7. The lowest BCUT2D eigenvalue weighted by Crippen LogP contribution is -2.33. The normalized spacial score (nSPS) is 18.5. The molecule has 1 unspecified atom stereocenters. The zero-order valence-corrected chi connectivity index (χ0v) is 9.37. The molecule has 2 rings (SSSR count). The molecule has 1 atom stereocenters. The van der Waals surface area contributed by atoms with Crippen LogP contribution in [0.5, 0.6) is 0 Å². The zero-order chi connectivity index (χ0) is 12.7. The lowest BCUT2D eigenvalue weighted by atomic mass is 10.0. The molecular formula is C12H10F2N2O. The molecule has 1 amide bonds. The molecule has 3 nitrogen and oxygen atoms in total. The van der Waals surface area contributed by atoms with E-state index in [-0.39, 0.29) is 17.2 Å². The first-order chi connectivity index (χ1) is 7.97. The Hall–Kier alpha value is -1.96. The van der Waals surface area contributed by atoms with Crippen LogP contribution in [0, 0.1) is 23.0 Å². The van der Waals surface area contributed by atoms with Gasteiger partial charge in [0.05, 0.1) is 11.6 Å². The maximum Gasteiger partial charge on any atom is 0.256 e. The Labute approximate surface area is 97.3 Å². The third-order valence-corrected chi connectivity index (χ3v) is 2.79. The van der Waals surface area contributed by atoms with E-state index in [1.807, 2.05) is 6.07 Å². The highest BCUT2D eigenvalue weighted by molar-refractivity contribution is 6.00. The van der Waals surface area contributed by atoms with Crippen LogP contribution in [0.25, 0.3) is 0 Å². The average molecular weight is 236 g/mol. The van der Waals surface area contributed by atoms with Gasteiger partial charge in [-0.25, -0.2) is 8.78 Å². The molecular weight excluding hydrogens is 226 g/mol. The van der Waals surface area contributed by atoms with Crippen LogP contribution >= 0.6 is 0 Å². The fourth-order valence-corrected chi connectivity index (χ4v) is 2.09. The molecule has 1 aromatic rings. The second-order valence-corrected chi connectivity index (χ2v) is 4.19. The maximum absolute atomic E-state index is 13.6. The first kappa shape index (κ1) is 11.5. The van der Waals surface area contributed by atoms with Gasteiger partial charge in [-0.1, -0.05) is 0 Å². The van der Waals surface area contributed by atoms with Gasteiger partial charge in [0.1, 0.15) is 17.7 Å². The summed E-state index contributed by atoms with van der Waals surface area (Å²) in [4.78, 5) is 13.2. The molecule has 0 bridgehead atoms. The van der Waals surface area contributed by atoms with E-state index in [0.29, 0.717) is 6.07 Å². The molecule has 0 aromatic heterocycles. The van der Waals surface area contributed by atoms with Gasteiger partial charge in [-0.05, 0) is 19.9 Å². The molecule has 0 saturated heterocycles. The Kier molecular flexibility index (Phi) is 2.58. The molecule has 1 heterocycles. The maximum atomic E-state index is 13.6. The van der Waals surface area contributed by atoms with Crippen LogP contribution in [-0.2, 0) is 0 Å². The smallest absolute Gasteiger partial charge is 0.256 e. The van der Waals surface area contributed by atoms with Gasteiger partial charge in [0.15, 0.2) is 0 Å². The highest BCUT2D eigenvalue weighted by Crippen LogP contribution is 2.36. The van der Waals surface area contributed by atoms with E-state index < -0.39 is 23.6 Å². The van der Waals surface area contributed by atoms with Gasteiger partial charge in [-0.15, -0.1) is 0 Å². The van der Waals surface area contributed by atoms with Crippen LogP contribution in [0.3, 0.4) is 0 Å². The van der Waals surface area contributed by atoms with Gasteiger partial charge in [-0.2, -0.15) is 5.26 Å². The minimum atomic E-state index is -0.974. The number of carbonyl (C=O) groups is 1. The van der Waals surface area contributed by atoms with Crippen molar-refractivity contribution in [1.29, 1.82) is 5.26 Å². The molecule has 5 heteroatoms. The van der Waals surface area contributed by atoms with E-state index in [2.05, 4.69) is 0 Å². The van der Waals surface area contributed by atoms with Crippen molar-refractivity contribution in [2.45, 2.75) is 25.9 Å². The molecule has 17 heavy (non-hydrogen) atoms. The summed E-state index contributed by atoms with van der Waals surface area (Å²) in [5.41, 5.74) is -0.0737. The summed E-state index contributed by atoms with van der Waals surface area (Å²) in [6.45, 7) is 3.45. The van der Waals surface area contributed by atoms with E-state index >= 15 is 0 Å². The SMILES string of the molecule is CC(C)N1C(=O)c2cc(F)cc(F)c2C1C#N. The number of nitrogens with zero attached hydrogens (tertiary/aromatic N) is 2. The molecule has 0 N–H and O–H groups in total. The summed E-state index contributed by atoms with van der Waals surface area (Å²) >= 11 is 0. The van der Waals surface area contributed by atoms with Gasteiger partial charge in [0.2, 0.25) is 0 Å². The van der Waals surface area contributed by atoms with Crippen molar-refractivity contribution >= 4 is 5.91 Å². The van der Waals surface area contributed by atoms with Crippen LogP contribution in [-0.4, -0.2) is 16.8 Å². The van der Waals surface area contributed by atoms with Crippen molar-refractivity contribution in [2.75, 3.05) is 0 Å². The van der Waals surface area contributed by atoms with E-state index in [1.165, 1.54) is 4.90 Å². The summed E-state index contributed by atoms with van der Waals surface area (Å²) in [6, 6.07) is 2.34. The summed E-state index contributed by atoms with van der Waals surface area (Å²) in [5.74, 6) is -2.15. The highest BCUT2D eigenvalue weighted by atomic mass is 19.1. The van der Waals surface area contributed by atoms with Crippen LogP contribution < -0.4 is 0 Å². The number of benzene rings is 1. The van der Waals surface area contributed by atoms with Crippen LogP contribution in [0.15, 0.2) is 12.1 Å². The minimum Gasteiger partial charge on any atom is -0.316 e. The van der Waals surface area contributed by atoms with Gasteiger partial charge in [0, 0.05) is 17.7 Å². The van der Waals surface area contributed by atoms with E-state index in [4.69, 9.17) is 5.26 Å². The number of hydrogen-bond acceptors (Lipinski definition) is 2. The van der Waals surface area contributed by atoms with Crippen molar-refractivity contribution < 1.29 is 13.6 Å². The Morgan fingerprint density at radius 2 is 2.06 bits per heavy atom. The predicted octanol–water partition coefficient (Wildman–Crippen LogP) is 2.39. The van der Waals surface area contributed by atoms with Crippen LogP contribution in [0.4, 0.5) is 8.78 Å². The topological polar surface area (TPSA) is 44.1 Å². The predicted molar refractivity (Wildman–Crippen MR) is 56.0 cm³/mol. The van der Waals surface area contributed by atoms with Gasteiger partial charge < -0.3 is 4.90 Å². The Balaban J connectivity index is 2.66. The second-order valence-electron chi connectivity index (χ2n) is 4.19. The number of nitriles is 1. The van der Waals surface area contributed by atoms with Gasteiger partial charge in [-0.3, -0.25) is 4.79 Å². The van der Waals surface area contributed by atoms with Crippen molar-refractivity contribution in [3.05, 3.63) is 34.9 Å². The van der Waals surface area contributed by atoms with Gasteiger partial charge in [0.25, 0.3) is 5.91 Å². The number of fused-ring (bicyclic) bond motifs is 1. The Morgan fingerprint density at radius 3 is 2.59 bits per heavy atom. The van der Waals surface area contributed by atoms with Crippen molar-refractivity contribution in [1.82, 2.24) is 4.90 Å². The number of amides is 1. The molecule has 1 aliphatic heterocycles. The molecule has 0 aliphatic carbocycles. The van der Waals surface area contributed by atoms with E-state index in [9.17, 15) is 13.6 Å². The molecule has 0 saturated carbocycles. The van der Waals surface area contributed by atoms with E-state index in [0.717, 1.165) is 6.07 Å². The fraction of sp³-hybridized carbons (Fsp3) is 0.333. The summed E-state index contributed by atoms with van der Waals surface area (Å²) in [7, 11) is 0. The lowest BCUT2D eigenvalue weighted by Gasteiger charge is -2.24. The number of halogens is 2. The lowest BCUT2D eigenvalue weighted by molar-refractivity contribution is 0.0703. The number of hydrogen-bond donors (Lipinski definition) is 0. The molecule has 0 spiro atoms. The quantitative estimate of drug-likeness (QED) is 0.751. The molecule has 0 fully saturated rings. The van der Waals surface area contributed by atoms with Crippen molar-refractivity contribution in [3.8, 4) is 6.07 Å². The highest BCUT2D eigenvalue weighted by Gasteiger charge is 2.40. The van der Waals surface area contributed by atoms with E-state index in [1.54, 1.807) is 13.8 Å². The average Bonchev–Trinajstić information content (AvgIpc) is 2.52. The van der Waals surface area contributed by atoms with Crippen LogP contribution in [0.1, 0.15) is 35.8 Å².